The number of nitrogens with zero attached hydrogens (tertiary/aromatic N) is 3. The lowest BCUT2D eigenvalue weighted by Gasteiger charge is -2.25. The summed E-state index contributed by atoms with van der Waals surface area (Å²) in [7, 11) is 0. The lowest BCUT2D eigenvalue weighted by Crippen LogP contribution is -2.43. The first-order valence-corrected chi connectivity index (χ1v) is 8.20. The number of nitrogens with one attached hydrogen (secondary N) is 1. The van der Waals surface area contributed by atoms with E-state index in [1.807, 2.05) is 37.3 Å². The van der Waals surface area contributed by atoms with Gasteiger partial charge in [0, 0.05) is 0 Å². The molecule has 0 aliphatic carbocycles. The number of benzene rings is 1. The van der Waals surface area contributed by atoms with Crippen molar-refractivity contribution in [2.24, 2.45) is 0 Å². The Morgan fingerprint density at radius 2 is 1.96 bits per heavy atom. The topological polar surface area (TPSA) is 101 Å². The van der Waals surface area contributed by atoms with Crippen LogP contribution in [0.1, 0.15) is 24.8 Å². The van der Waals surface area contributed by atoms with Gasteiger partial charge in [-0.1, -0.05) is 42.4 Å². The molecule has 8 heteroatoms. The zero-order chi connectivity index (χ0) is 18.1. The van der Waals surface area contributed by atoms with Gasteiger partial charge in [-0.2, -0.15) is 4.98 Å². The van der Waals surface area contributed by atoms with Gasteiger partial charge in [-0.25, -0.2) is 4.79 Å². The molecule has 1 saturated heterocycles. The summed E-state index contributed by atoms with van der Waals surface area (Å²) in [4.78, 5) is 30.8. The number of furan rings is 1. The van der Waals surface area contributed by atoms with Gasteiger partial charge in [-0.3, -0.25) is 9.69 Å². The van der Waals surface area contributed by atoms with E-state index >= 15 is 0 Å². The SMILES string of the molecule is CC[C@]1(c2ccccc2)NC(=O)N(Cc2nc(-c3ccco3)no2)C1=O. The maximum Gasteiger partial charge on any atom is 0.325 e. The molecule has 3 heterocycles. The maximum atomic E-state index is 13.0. The van der Waals surface area contributed by atoms with Crippen LogP contribution in [0.25, 0.3) is 11.6 Å². The average Bonchev–Trinajstić information content (AvgIpc) is 3.39. The van der Waals surface area contributed by atoms with Crippen LogP contribution in [0.2, 0.25) is 0 Å². The van der Waals surface area contributed by atoms with Crippen LogP contribution >= 0.6 is 0 Å². The maximum absolute atomic E-state index is 13.0. The van der Waals surface area contributed by atoms with Crippen LogP contribution in [-0.2, 0) is 16.9 Å². The molecule has 2 aromatic heterocycles. The Kier molecular flexibility index (Phi) is 3.80. The molecule has 0 bridgehead atoms. The van der Waals surface area contributed by atoms with Crippen molar-refractivity contribution in [3.05, 3.63) is 60.2 Å². The van der Waals surface area contributed by atoms with Crippen molar-refractivity contribution in [3.8, 4) is 11.6 Å². The molecule has 1 aliphatic rings. The molecular formula is C18H16N4O4. The third-order valence-corrected chi connectivity index (χ3v) is 4.48. The van der Waals surface area contributed by atoms with Gasteiger partial charge < -0.3 is 14.3 Å². The smallest absolute Gasteiger partial charge is 0.325 e. The molecule has 3 aromatic rings. The summed E-state index contributed by atoms with van der Waals surface area (Å²) in [6.45, 7) is 1.75. The molecule has 0 radical (unpaired) electrons. The summed E-state index contributed by atoms with van der Waals surface area (Å²) >= 11 is 0. The minimum Gasteiger partial charge on any atom is -0.461 e. The molecule has 132 valence electrons. The van der Waals surface area contributed by atoms with Gasteiger partial charge in [0.2, 0.25) is 11.7 Å². The van der Waals surface area contributed by atoms with E-state index in [0.29, 0.717) is 12.2 Å². The van der Waals surface area contributed by atoms with Gasteiger partial charge in [0.05, 0.1) is 6.26 Å². The molecule has 1 aliphatic heterocycles. The van der Waals surface area contributed by atoms with E-state index in [1.54, 1.807) is 12.1 Å². The highest BCUT2D eigenvalue weighted by atomic mass is 16.5. The quantitative estimate of drug-likeness (QED) is 0.709. The highest BCUT2D eigenvalue weighted by molar-refractivity contribution is 6.07. The third kappa shape index (κ3) is 2.46. The van der Waals surface area contributed by atoms with Gasteiger partial charge >= 0.3 is 6.03 Å². The molecule has 1 atom stereocenters. The Hall–Kier alpha value is -3.42. The van der Waals surface area contributed by atoms with Crippen molar-refractivity contribution < 1.29 is 18.5 Å². The third-order valence-electron chi connectivity index (χ3n) is 4.48. The first-order chi connectivity index (χ1) is 12.6. The predicted octanol–water partition coefficient (Wildman–Crippen LogP) is 2.69. The van der Waals surface area contributed by atoms with E-state index in [-0.39, 0.29) is 24.2 Å². The molecule has 1 fully saturated rings. The van der Waals surface area contributed by atoms with Crippen molar-refractivity contribution >= 4 is 11.9 Å². The summed E-state index contributed by atoms with van der Waals surface area (Å²) < 4.78 is 10.4. The largest absolute Gasteiger partial charge is 0.461 e. The van der Waals surface area contributed by atoms with E-state index in [1.165, 1.54) is 6.26 Å². The molecule has 0 spiro atoms. The molecule has 26 heavy (non-hydrogen) atoms. The number of hydrogen-bond donors (Lipinski definition) is 1. The van der Waals surface area contributed by atoms with Crippen LogP contribution in [0, 0.1) is 0 Å². The fraction of sp³-hybridized carbons (Fsp3) is 0.222. The van der Waals surface area contributed by atoms with Crippen LogP contribution in [0.4, 0.5) is 4.79 Å². The second kappa shape index (κ2) is 6.14. The van der Waals surface area contributed by atoms with Gasteiger partial charge in [-0.05, 0) is 24.1 Å². The highest BCUT2D eigenvalue weighted by Crippen LogP contribution is 2.33. The zero-order valence-electron chi connectivity index (χ0n) is 14.0. The average molecular weight is 352 g/mol. The minimum atomic E-state index is -1.08. The van der Waals surface area contributed by atoms with Gasteiger partial charge in [0.1, 0.15) is 12.1 Å². The van der Waals surface area contributed by atoms with Gasteiger partial charge in [0.25, 0.3) is 5.91 Å². The van der Waals surface area contributed by atoms with Crippen molar-refractivity contribution in [2.45, 2.75) is 25.4 Å². The number of carbonyl (C=O) groups is 2. The Balaban J connectivity index is 1.60. The van der Waals surface area contributed by atoms with Crippen LogP contribution in [-0.4, -0.2) is 27.0 Å². The van der Waals surface area contributed by atoms with E-state index in [4.69, 9.17) is 8.94 Å². The lowest BCUT2D eigenvalue weighted by atomic mass is 9.87. The number of hydrogen-bond acceptors (Lipinski definition) is 6. The Morgan fingerprint density at radius 3 is 2.65 bits per heavy atom. The summed E-state index contributed by atoms with van der Waals surface area (Å²) in [5.74, 6) is 0.528. The predicted molar refractivity (Wildman–Crippen MR) is 89.5 cm³/mol. The second-order valence-corrected chi connectivity index (χ2v) is 5.94. The van der Waals surface area contributed by atoms with Gasteiger partial charge in [0.15, 0.2) is 5.76 Å². The van der Waals surface area contributed by atoms with Crippen molar-refractivity contribution in [1.82, 2.24) is 20.4 Å². The van der Waals surface area contributed by atoms with Crippen LogP contribution in [0.3, 0.4) is 0 Å². The first kappa shape index (κ1) is 16.1. The van der Waals surface area contributed by atoms with Gasteiger partial charge in [-0.15, -0.1) is 0 Å². The molecular weight excluding hydrogens is 336 g/mol. The second-order valence-electron chi connectivity index (χ2n) is 5.94. The first-order valence-electron chi connectivity index (χ1n) is 8.20. The van der Waals surface area contributed by atoms with E-state index in [9.17, 15) is 9.59 Å². The number of imide groups is 1. The summed E-state index contributed by atoms with van der Waals surface area (Å²) in [6, 6.07) is 12.1. The monoisotopic (exact) mass is 352 g/mol. The number of carbonyl (C=O) groups excluding carboxylic acids is 2. The van der Waals surface area contributed by atoms with Crippen LogP contribution in [0.5, 0.6) is 0 Å². The Morgan fingerprint density at radius 1 is 1.15 bits per heavy atom. The molecule has 3 amide bonds. The van der Waals surface area contributed by atoms with Crippen molar-refractivity contribution in [2.75, 3.05) is 0 Å². The number of urea groups is 1. The number of amides is 3. The van der Waals surface area contributed by atoms with Crippen LogP contribution < -0.4 is 5.32 Å². The van der Waals surface area contributed by atoms with Crippen molar-refractivity contribution in [1.29, 1.82) is 0 Å². The highest BCUT2D eigenvalue weighted by Gasteiger charge is 2.51. The molecule has 0 saturated carbocycles. The molecule has 1 aromatic carbocycles. The Bertz CT molecular complexity index is 935. The summed E-state index contributed by atoms with van der Waals surface area (Å²) in [6.07, 6.45) is 1.93. The lowest BCUT2D eigenvalue weighted by molar-refractivity contribution is -0.132. The zero-order valence-corrected chi connectivity index (χ0v) is 14.0. The molecule has 8 nitrogen and oxygen atoms in total. The molecule has 4 rings (SSSR count). The number of aromatic nitrogens is 2. The summed E-state index contributed by atoms with van der Waals surface area (Å²) in [5, 5.41) is 6.63. The molecule has 0 unspecified atom stereocenters. The Labute approximate surface area is 148 Å². The molecule has 1 N–H and O–H groups in total. The van der Waals surface area contributed by atoms with Crippen LogP contribution in [0.15, 0.2) is 57.7 Å². The minimum absolute atomic E-state index is 0.104. The standard InChI is InChI=1S/C18H16N4O4/c1-2-18(12-7-4-3-5-8-12)16(23)22(17(24)20-18)11-14-19-15(21-26-14)13-9-6-10-25-13/h3-10H,2,11H2,1H3,(H,20,24)/t18-/m1/s1. The normalized spacial score (nSPS) is 19.8. The van der Waals surface area contributed by atoms with Crippen molar-refractivity contribution in [3.63, 3.8) is 0 Å². The fourth-order valence-electron chi connectivity index (χ4n) is 3.09. The van der Waals surface area contributed by atoms with E-state index in [0.717, 1.165) is 10.5 Å². The van der Waals surface area contributed by atoms with E-state index in [2.05, 4.69) is 15.5 Å². The fourth-order valence-corrected chi connectivity index (χ4v) is 3.09. The summed E-state index contributed by atoms with van der Waals surface area (Å²) in [5.41, 5.74) is -0.340. The van der Waals surface area contributed by atoms with E-state index < -0.39 is 11.6 Å². The number of rotatable bonds is 5.